The molecular formula is C37H42N6O6. The summed E-state index contributed by atoms with van der Waals surface area (Å²) in [7, 11) is 0. The number of para-hydroxylation sites is 2. The van der Waals surface area contributed by atoms with E-state index in [1.807, 2.05) is 55.5 Å². The molecule has 5 atom stereocenters. The van der Waals surface area contributed by atoms with Crippen molar-refractivity contribution >= 4 is 45.5 Å². The van der Waals surface area contributed by atoms with E-state index in [4.69, 9.17) is 5.73 Å². The SMILES string of the molecule is CCC(C)C(NC(=O)C(Cc1c[nH]c2ccccc12)NC(=O)C(N)Cc1ccc(O)cc1)C(=O)NC(Cc1c[nH]c2ccccc12)C(=O)O. The quantitative estimate of drug-likeness (QED) is 0.0837. The van der Waals surface area contributed by atoms with Gasteiger partial charge in [0.15, 0.2) is 0 Å². The van der Waals surface area contributed by atoms with Crippen molar-refractivity contribution in [1.29, 1.82) is 0 Å². The number of carboxylic acid groups (broad SMARTS) is 1. The van der Waals surface area contributed by atoms with Gasteiger partial charge in [0.1, 0.15) is 23.9 Å². The Morgan fingerprint density at radius 3 is 1.80 bits per heavy atom. The molecule has 3 aromatic carbocycles. The zero-order valence-electron chi connectivity index (χ0n) is 27.4. The molecule has 256 valence electrons. The Bertz CT molecular complexity index is 1930. The number of nitrogens with one attached hydrogen (secondary N) is 5. The summed E-state index contributed by atoms with van der Waals surface area (Å²) in [6, 6.07) is 16.9. The molecule has 0 fully saturated rings. The molecule has 0 saturated carbocycles. The van der Waals surface area contributed by atoms with Gasteiger partial charge in [0.25, 0.3) is 0 Å². The van der Waals surface area contributed by atoms with Gasteiger partial charge in [-0.3, -0.25) is 14.4 Å². The van der Waals surface area contributed by atoms with Crippen LogP contribution in [0, 0.1) is 5.92 Å². The molecule has 0 aliphatic carbocycles. The third kappa shape index (κ3) is 8.46. The van der Waals surface area contributed by atoms with Crippen LogP contribution in [0.3, 0.4) is 0 Å². The molecule has 12 nitrogen and oxygen atoms in total. The summed E-state index contributed by atoms with van der Waals surface area (Å²) >= 11 is 0. The van der Waals surface area contributed by atoms with Crippen LogP contribution < -0.4 is 21.7 Å². The number of amides is 3. The summed E-state index contributed by atoms with van der Waals surface area (Å²) in [4.78, 5) is 59.7. The summed E-state index contributed by atoms with van der Waals surface area (Å²) in [6.07, 6.45) is 4.30. The van der Waals surface area contributed by atoms with Crippen LogP contribution in [-0.4, -0.2) is 68.0 Å². The molecule has 5 unspecified atom stereocenters. The number of hydrogen-bond donors (Lipinski definition) is 8. The van der Waals surface area contributed by atoms with Crippen molar-refractivity contribution < 1.29 is 29.4 Å². The average molecular weight is 667 g/mol. The summed E-state index contributed by atoms with van der Waals surface area (Å²) < 4.78 is 0. The summed E-state index contributed by atoms with van der Waals surface area (Å²) in [5.41, 5.74) is 10.2. The molecule has 3 amide bonds. The smallest absolute Gasteiger partial charge is 0.326 e. The number of H-pyrrole nitrogens is 2. The number of carboxylic acids is 1. The minimum atomic E-state index is -1.25. The number of aromatic hydroxyl groups is 1. The molecular weight excluding hydrogens is 624 g/mol. The normalized spacial score (nSPS) is 14.4. The molecule has 0 spiro atoms. The number of hydrogen-bond acceptors (Lipinski definition) is 6. The number of phenols is 1. The van der Waals surface area contributed by atoms with E-state index in [0.717, 1.165) is 38.5 Å². The largest absolute Gasteiger partial charge is 0.508 e. The highest BCUT2D eigenvalue weighted by Crippen LogP contribution is 2.21. The van der Waals surface area contributed by atoms with E-state index in [9.17, 15) is 29.4 Å². The Hall–Kier alpha value is -5.62. The van der Waals surface area contributed by atoms with Gasteiger partial charge in [-0.2, -0.15) is 0 Å². The Balaban J connectivity index is 1.35. The van der Waals surface area contributed by atoms with Crippen LogP contribution in [0.25, 0.3) is 21.8 Å². The van der Waals surface area contributed by atoms with Gasteiger partial charge in [-0.25, -0.2) is 4.79 Å². The van der Waals surface area contributed by atoms with Crippen LogP contribution in [0.1, 0.15) is 37.0 Å². The minimum absolute atomic E-state index is 0.0322. The number of aromatic amines is 2. The molecule has 49 heavy (non-hydrogen) atoms. The second-order valence-electron chi connectivity index (χ2n) is 12.4. The maximum atomic E-state index is 14.0. The molecule has 5 aromatic rings. The highest BCUT2D eigenvalue weighted by atomic mass is 16.4. The van der Waals surface area contributed by atoms with Crippen LogP contribution in [0.2, 0.25) is 0 Å². The van der Waals surface area contributed by atoms with Gasteiger partial charge in [0, 0.05) is 47.0 Å². The van der Waals surface area contributed by atoms with Gasteiger partial charge in [-0.05, 0) is 53.3 Å². The molecule has 0 bridgehead atoms. The first kappa shape index (κ1) is 34.7. The molecule has 2 heterocycles. The zero-order valence-corrected chi connectivity index (χ0v) is 27.4. The number of rotatable bonds is 15. The van der Waals surface area contributed by atoms with Crippen LogP contribution in [0.5, 0.6) is 5.75 Å². The third-order valence-electron chi connectivity index (χ3n) is 8.97. The Morgan fingerprint density at radius 2 is 1.24 bits per heavy atom. The van der Waals surface area contributed by atoms with Gasteiger partial charge in [0.2, 0.25) is 17.7 Å². The third-order valence-corrected chi connectivity index (χ3v) is 8.97. The molecule has 0 radical (unpaired) electrons. The standard InChI is InChI=1S/C37H42N6O6/c1-3-21(2)33(36(47)42-32(37(48)49)18-24-20-40-30-11-7-5-9-27(24)30)43-35(46)31(17-23-19-39-29-10-6-4-8-26(23)29)41-34(45)28(38)16-22-12-14-25(44)15-13-22/h4-15,19-21,28,31-33,39-40,44H,3,16-18,38H2,1-2H3,(H,41,45)(H,42,47)(H,43,46)(H,48,49). The van der Waals surface area contributed by atoms with Crippen molar-refractivity contribution in [3.05, 3.63) is 102 Å². The number of nitrogens with two attached hydrogens (primary N) is 1. The van der Waals surface area contributed by atoms with Crippen molar-refractivity contribution in [3.8, 4) is 5.75 Å². The number of carbonyl (C=O) groups excluding carboxylic acids is 3. The summed E-state index contributed by atoms with van der Waals surface area (Å²) in [5, 5.41) is 29.6. The first-order valence-electron chi connectivity index (χ1n) is 16.3. The van der Waals surface area contributed by atoms with Crippen LogP contribution in [-0.2, 0) is 38.4 Å². The summed E-state index contributed by atoms with van der Waals surface area (Å²) in [6.45, 7) is 3.66. The lowest BCUT2D eigenvalue weighted by Gasteiger charge is -2.28. The van der Waals surface area contributed by atoms with Gasteiger partial charge >= 0.3 is 5.97 Å². The number of carbonyl (C=O) groups is 4. The highest BCUT2D eigenvalue weighted by Gasteiger charge is 2.33. The molecule has 9 N–H and O–H groups in total. The van der Waals surface area contributed by atoms with Crippen molar-refractivity contribution in [2.45, 2.75) is 63.7 Å². The zero-order chi connectivity index (χ0) is 35.1. The van der Waals surface area contributed by atoms with Crippen molar-refractivity contribution in [3.63, 3.8) is 0 Å². The molecule has 0 saturated heterocycles. The van der Waals surface area contributed by atoms with Crippen LogP contribution >= 0.6 is 0 Å². The lowest BCUT2D eigenvalue weighted by molar-refractivity contribution is -0.142. The second kappa shape index (κ2) is 15.5. The van der Waals surface area contributed by atoms with E-state index in [2.05, 4.69) is 25.9 Å². The first-order chi connectivity index (χ1) is 23.5. The van der Waals surface area contributed by atoms with Crippen LogP contribution in [0.15, 0.2) is 85.2 Å². The van der Waals surface area contributed by atoms with E-state index >= 15 is 0 Å². The fraction of sp³-hybridized carbons (Fsp3) is 0.297. The number of aromatic nitrogens is 2. The predicted octanol–water partition coefficient (Wildman–Crippen LogP) is 3.30. The number of phenolic OH excluding ortho intramolecular Hbond substituents is 1. The van der Waals surface area contributed by atoms with Crippen LogP contribution in [0.4, 0.5) is 0 Å². The fourth-order valence-corrected chi connectivity index (χ4v) is 5.92. The van der Waals surface area contributed by atoms with E-state index in [1.54, 1.807) is 31.5 Å². The first-order valence-corrected chi connectivity index (χ1v) is 16.3. The van der Waals surface area contributed by atoms with E-state index in [-0.39, 0.29) is 30.9 Å². The fourth-order valence-electron chi connectivity index (χ4n) is 5.92. The lowest BCUT2D eigenvalue weighted by Crippen LogP contribution is -2.59. The lowest BCUT2D eigenvalue weighted by atomic mass is 9.96. The summed E-state index contributed by atoms with van der Waals surface area (Å²) in [5.74, 6) is -3.31. The molecule has 2 aromatic heterocycles. The molecule has 0 aliphatic heterocycles. The number of fused-ring (bicyclic) bond motifs is 2. The maximum absolute atomic E-state index is 14.0. The van der Waals surface area contributed by atoms with E-state index in [1.165, 1.54) is 12.1 Å². The van der Waals surface area contributed by atoms with Gasteiger partial charge in [-0.1, -0.05) is 68.8 Å². The number of benzene rings is 3. The Kier molecular flexibility index (Phi) is 11.0. The monoisotopic (exact) mass is 666 g/mol. The Morgan fingerprint density at radius 1 is 0.714 bits per heavy atom. The molecule has 5 rings (SSSR count). The molecule has 12 heteroatoms. The second-order valence-corrected chi connectivity index (χ2v) is 12.4. The van der Waals surface area contributed by atoms with Gasteiger partial charge in [0.05, 0.1) is 6.04 Å². The Labute approximate surface area is 283 Å². The van der Waals surface area contributed by atoms with Crippen molar-refractivity contribution in [2.24, 2.45) is 11.7 Å². The molecule has 0 aliphatic rings. The average Bonchev–Trinajstić information content (AvgIpc) is 3.70. The number of aliphatic carboxylic acids is 1. The topological polar surface area (TPSA) is 202 Å². The van der Waals surface area contributed by atoms with Crippen molar-refractivity contribution in [1.82, 2.24) is 25.9 Å². The van der Waals surface area contributed by atoms with Gasteiger partial charge < -0.3 is 41.9 Å². The minimum Gasteiger partial charge on any atom is -0.508 e. The highest BCUT2D eigenvalue weighted by molar-refractivity contribution is 5.95. The predicted molar refractivity (Wildman–Crippen MR) is 187 cm³/mol. The van der Waals surface area contributed by atoms with E-state index in [0.29, 0.717) is 6.42 Å². The van der Waals surface area contributed by atoms with Crippen molar-refractivity contribution in [2.75, 3.05) is 0 Å². The van der Waals surface area contributed by atoms with E-state index < -0.39 is 47.9 Å². The van der Waals surface area contributed by atoms with Gasteiger partial charge in [-0.15, -0.1) is 0 Å². The maximum Gasteiger partial charge on any atom is 0.326 e.